The lowest BCUT2D eigenvalue weighted by molar-refractivity contribution is 0.183. The summed E-state index contributed by atoms with van der Waals surface area (Å²) < 4.78 is 15.7. The number of H-pyrrole nitrogens is 1. The molecule has 5 aromatic rings. The number of anilines is 2. The van der Waals surface area contributed by atoms with Crippen molar-refractivity contribution >= 4 is 34.0 Å². The van der Waals surface area contributed by atoms with Crippen LogP contribution in [0.2, 0.25) is 0 Å². The van der Waals surface area contributed by atoms with Gasteiger partial charge in [0.2, 0.25) is 5.95 Å². The van der Waals surface area contributed by atoms with Crippen LogP contribution in [0.15, 0.2) is 36.8 Å². The summed E-state index contributed by atoms with van der Waals surface area (Å²) in [5, 5.41) is 16.0. The fourth-order valence-corrected chi connectivity index (χ4v) is 4.35. The number of pyridine rings is 2. The highest BCUT2D eigenvalue weighted by molar-refractivity contribution is 5.77. The zero-order valence-electron chi connectivity index (χ0n) is 20.1. The first-order valence-electron chi connectivity index (χ1n) is 11.6. The van der Waals surface area contributed by atoms with E-state index in [1.165, 1.54) is 0 Å². The van der Waals surface area contributed by atoms with Gasteiger partial charge < -0.3 is 19.4 Å². The zero-order valence-corrected chi connectivity index (χ0v) is 20.1. The average Bonchev–Trinajstić information content (AvgIpc) is 3.61. The average molecular weight is 474 g/mol. The van der Waals surface area contributed by atoms with Crippen molar-refractivity contribution in [2.24, 2.45) is 7.05 Å². The Morgan fingerprint density at radius 2 is 1.94 bits per heavy atom. The summed E-state index contributed by atoms with van der Waals surface area (Å²) in [5.74, 6) is 2.60. The monoisotopic (exact) mass is 473 g/mol. The van der Waals surface area contributed by atoms with E-state index in [4.69, 9.17) is 14.6 Å². The minimum Gasteiger partial charge on any atom is -0.454 e. The second-order valence-electron chi connectivity index (χ2n) is 9.84. The highest BCUT2D eigenvalue weighted by Gasteiger charge is 2.28. The standard InChI is InChI=1S/C24H27N9O2/c1-24(2,3)19-9-20(31-33(19)15-5-6-34-13-15)28-23-29-22-18(32(23)4)8-17(12-26-22)35-16-7-14-10-27-30-21(14)25-11-16/h7-12,15H,5-6,13H2,1-4H3,(H,25,27,30)(H,26,28,29,31)/t15-/m0/s1. The van der Waals surface area contributed by atoms with Gasteiger partial charge in [0.25, 0.3) is 0 Å². The van der Waals surface area contributed by atoms with Gasteiger partial charge in [0, 0.05) is 42.3 Å². The van der Waals surface area contributed by atoms with Crippen molar-refractivity contribution in [3.8, 4) is 11.5 Å². The van der Waals surface area contributed by atoms with E-state index in [0.29, 0.717) is 35.3 Å². The molecule has 0 aromatic carbocycles. The van der Waals surface area contributed by atoms with E-state index in [9.17, 15) is 0 Å². The van der Waals surface area contributed by atoms with Crippen LogP contribution in [0.5, 0.6) is 11.5 Å². The molecule has 0 amide bonds. The maximum absolute atomic E-state index is 6.00. The molecule has 11 nitrogen and oxygen atoms in total. The Hall–Kier alpha value is -3.99. The minimum absolute atomic E-state index is 0.0516. The predicted molar refractivity (Wildman–Crippen MR) is 131 cm³/mol. The summed E-state index contributed by atoms with van der Waals surface area (Å²) in [5.41, 5.74) is 3.27. The molecule has 0 spiro atoms. The molecule has 6 rings (SSSR count). The number of nitrogens with one attached hydrogen (secondary N) is 2. The quantitative estimate of drug-likeness (QED) is 0.389. The summed E-state index contributed by atoms with van der Waals surface area (Å²) in [6, 6.07) is 6.14. The van der Waals surface area contributed by atoms with Gasteiger partial charge in [0.05, 0.1) is 36.8 Å². The smallest absolute Gasteiger partial charge is 0.210 e. The van der Waals surface area contributed by atoms with Gasteiger partial charge >= 0.3 is 0 Å². The van der Waals surface area contributed by atoms with Crippen LogP contribution in [-0.2, 0) is 17.2 Å². The number of aryl methyl sites for hydroxylation is 1. The number of fused-ring (bicyclic) bond motifs is 2. The van der Waals surface area contributed by atoms with E-state index in [2.05, 4.69) is 62.0 Å². The zero-order chi connectivity index (χ0) is 24.2. The minimum atomic E-state index is -0.0516. The van der Waals surface area contributed by atoms with E-state index < -0.39 is 0 Å². The Kier molecular flexibility index (Phi) is 4.95. The van der Waals surface area contributed by atoms with Crippen molar-refractivity contribution in [1.29, 1.82) is 0 Å². The van der Waals surface area contributed by atoms with E-state index in [0.717, 1.165) is 35.4 Å². The highest BCUT2D eigenvalue weighted by Crippen LogP contribution is 2.32. The molecular formula is C24H27N9O2. The van der Waals surface area contributed by atoms with Gasteiger partial charge in [0.1, 0.15) is 11.5 Å². The Balaban J connectivity index is 1.29. The second-order valence-corrected chi connectivity index (χ2v) is 9.84. The van der Waals surface area contributed by atoms with Gasteiger partial charge in [-0.05, 0) is 12.5 Å². The molecule has 0 radical (unpaired) electrons. The molecule has 2 N–H and O–H groups in total. The second kappa shape index (κ2) is 8.05. The van der Waals surface area contributed by atoms with Crippen LogP contribution in [0.3, 0.4) is 0 Å². The first kappa shape index (κ1) is 21.5. The van der Waals surface area contributed by atoms with Gasteiger partial charge in [-0.3, -0.25) is 9.78 Å². The molecule has 1 atom stereocenters. The maximum atomic E-state index is 6.00. The number of aromatic amines is 1. The van der Waals surface area contributed by atoms with Gasteiger partial charge in [-0.25, -0.2) is 9.97 Å². The summed E-state index contributed by atoms with van der Waals surface area (Å²) in [4.78, 5) is 13.5. The Morgan fingerprint density at radius 3 is 2.74 bits per heavy atom. The lowest BCUT2D eigenvalue weighted by Gasteiger charge is -2.22. The lowest BCUT2D eigenvalue weighted by Crippen LogP contribution is -2.22. The number of hydrogen-bond acceptors (Lipinski definition) is 8. The molecule has 5 aromatic heterocycles. The fraction of sp³-hybridized carbons (Fsp3) is 0.375. The van der Waals surface area contributed by atoms with E-state index in [1.54, 1.807) is 18.6 Å². The summed E-state index contributed by atoms with van der Waals surface area (Å²) >= 11 is 0. The Labute approximate surface area is 201 Å². The Bertz CT molecular complexity index is 1520. The van der Waals surface area contributed by atoms with Crippen molar-refractivity contribution < 1.29 is 9.47 Å². The van der Waals surface area contributed by atoms with E-state index >= 15 is 0 Å². The molecule has 11 heteroatoms. The topological polar surface area (TPSA) is 121 Å². The third-order valence-corrected chi connectivity index (χ3v) is 6.21. The molecule has 1 fully saturated rings. The largest absolute Gasteiger partial charge is 0.454 e. The molecule has 0 unspecified atom stereocenters. The van der Waals surface area contributed by atoms with E-state index in [1.807, 2.05) is 23.7 Å². The van der Waals surface area contributed by atoms with Crippen molar-refractivity contribution in [2.45, 2.75) is 38.6 Å². The first-order chi connectivity index (χ1) is 16.8. The van der Waals surface area contributed by atoms with Crippen LogP contribution in [0.1, 0.15) is 38.9 Å². The SMILES string of the molecule is Cn1c(Nc2cc(C(C)(C)C)n([C@H]3CCOC3)n2)nc2ncc(Oc3cnc4[nH]ncc4c3)cc21. The van der Waals surface area contributed by atoms with Crippen LogP contribution in [0.4, 0.5) is 11.8 Å². The molecule has 6 heterocycles. The molecule has 0 bridgehead atoms. The normalized spacial score (nSPS) is 16.4. The van der Waals surface area contributed by atoms with Crippen LogP contribution in [0.25, 0.3) is 22.2 Å². The molecular weight excluding hydrogens is 446 g/mol. The number of rotatable bonds is 5. The summed E-state index contributed by atoms with van der Waals surface area (Å²) in [6.45, 7) is 8.04. The third-order valence-electron chi connectivity index (χ3n) is 6.21. The van der Waals surface area contributed by atoms with Crippen molar-refractivity contribution in [3.63, 3.8) is 0 Å². The van der Waals surface area contributed by atoms with Crippen molar-refractivity contribution in [2.75, 3.05) is 18.5 Å². The Morgan fingerprint density at radius 1 is 1.11 bits per heavy atom. The van der Waals surface area contributed by atoms with Crippen LogP contribution in [-0.4, -0.2) is 52.7 Å². The molecule has 1 saturated heterocycles. The molecule has 1 aliphatic rings. The van der Waals surface area contributed by atoms with Crippen LogP contribution < -0.4 is 10.1 Å². The lowest BCUT2D eigenvalue weighted by atomic mass is 9.91. The number of aromatic nitrogens is 8. The molecule has 35 heavy (non-hydrogen) atoms. The number of imidazole rings is 1. The predicted octanol–water partition coefficient (Wildman–Crippen LogP) is 4.23. The molecule has 180 valence electrons. The molecule has 0 aliphatic carbocycles. The number of nitrogens with zero attached hydrogens (tertiary/aromatic N) is 7. The van der Waals surface area contributed by atoms with Gasteiger partial charge in [-0.1, -0.05) is 20.8 Å². The third kappa shape index (κ3) is 3.97. The van der Waals surface area contributed by atoms with Crippen molar-refractivity contribution in [1.82, 2.24) is 39.5 Å². The van der Waals surface area contributed by atoms with Gasteiger partial charge in [-0.2, -0.15) is 15.2 Å². The molecule has 1 aliphatic heterocycles. The highest BCUT2D eigenvalue weighted by atomic mass is 16.5. The fourth-order valence-electron chi connectivity index (χ4n) is 4.35. The van der Waals surface area contributed by atoms with E-state index in [-0.39, 0.29) is 11.5 Å². The van der Waals surface area contributed by atoms with Crippen LogP contribution in [0, 0.1) is 0 Å². The first-order valence-corrected chi connectivity index (χ1v) is 11.6. The summed E-state index contributed by atoms with van der Waals surface area (Å²) in [7, 11) is 1.94. The molecule has 0 saturated carbocycles. The van der Waals surface area contributed by atoms with Crippen molar-refractivity contribution in [3.05, 3.63) is 42.5 Å². The maximum Gasteiger partial charge on any atom is 0.210 e. The van der Waals surface area contributed by atoms with Gasteiger partial charge in [-0.15, -0.1) is 0 Å². The number of hydrogen-bond donors (Lipinski definition) is 2. The number of ether oxygens (including phenoxy) is 2. The van der Waals surface area contributed by atoms with Gasteiger partial charge in [0.15, 0.2) is 17.1 Å². The van der Waals surface area contributed by atoms with Crippen LogP contribution >= 0.6 is 0 Å². The summed E-state index contributed by atoms with van der Waals surface area (Å²) in [6.07, 6.45) is 5.98.